The Hall–Kier alpha value is -1.74. The van der Waals surface area contributed by atoms with Crippen LogP contribution in [0.3, 0.4) is 0 Å². The van der Waals surface area contributed by atoms with Crippen molar-refractivity contribution in [1.29, 1.82) is 0 Å². The fraction of sp³-hybridized carbons (Fsp3) is 0.214. The minimum Gasteiger partial charge on any atom is -0.299 e. The molecule has 0 saturated heterocycles. The van der Waals surface area contributed by atoms with Gasteiger partial charge in [-0.05, 0) is 36.6 Å². The Labute approximate surface area is 111 Å². The first-order chi connectivity index (χ1) is 8.66. The van der Waals surface area contributed by atoms with Crippen molar-refractivity contribution >= 4 is 17.4 Å². The summed E-state index contributed by atoms with van der Waals surface area (Å²) in [7, 11) is 0. The van der Waals surface area contributed by atoms with E-state index in [1.165, 1.54) is 6.33 Å². The van der Waals surface area contributed by atoms with E-state index in [0.717, 1.165) is 11.1 Å². The number of carbonyl (C=O) groups is 1. The Morgan fingerprint density at radius 3 is 2.39 bits per heavy atom. The van der Waals surface area contributed by atoms with E-state index in [2.05, 4.69) is 9.97 Å². The molecule has 0 N–H and O–H groups in total. The van der Waals surface area contributed by atoms with E-state index in [1.54, 1.807) is 19.3 Å². The lowest BCUT2D eigenvalue weighted by atomic mass is 9.91. The molecule has 1 aromatic carbocycles. The number of Topliss-reactive ketones (excluding diaryl/α,β-unsaturated/α-hetero) is 1. The van der Waals surface area contributed by atoms with Gasteiger partial charge in [-0.15, -0.1) is 0 Å². The minimum atomic E-state index is -0.202. The average molecular weight is 261 g/mol. The Kier molecular flexibility index (Phi) is 4.05. The molecule has 4 heteroatoms. The molecule has 0 saturated carbocycles. The van der Waals surface area contributed by atoms with Gasteiger partial charge < -0.3 is 0 Å². The van der Waals surface area contributed by atoms with Gasteiger partial charge in [0, 0.05) is 23.3 Å². The average Bonchev–Trinajstić information content (AvgIpc) is 2.38. The standard InChI is InChI=1S/C14H13ClN2O/c1-10(18)14(12-7-16-9-17-8-12)6-11-2-4-13(15)5-3-11/h2-5,7-9,14H,6H2,1H3. The molecule has 2 rings (SSSR count). The van der Waals surface area contributed by atoms with Crippen LogP contribution in [-0.4, -0.2) is 15.8 Å². The fourth-order valence-electron chi connectivity index (χ4n) is 1.84. The molecule has 0 amide bonds. The second-order valence-electron chi connectivity index (χ2n) is 4.17. The van der Waals surface area contributed by atoms with Crippen LogP contribution < -0.4 is 0 Å². The number of nitrogens with zero attached hydrogens (tertiary/aromatic N) is 2. The normalized spacial score (nSPS) is 12.1. The second kappa shape index (κ2) is 5.74. The molecule has 0 bridgehead atoms. The number of benzene rings is 1. The monoisotopic (exact) mass is 260 g/mol. The molecule has 0 aliphatic rings. The van der Waals surface area contributed by atoms with E-state index < -0.39 is 0 Å². The lowest BCUT2D eigenvalue weighted by Crippen LogP contribution is -2.12. The molecule has 18 heavy (non-hydrogen) atoms. The fourth-order valence-corrected chi connectivity index (χ4v) is 1.97. The number of halogens is 1. The number of rotatable bonds is 4. The van der Waals surface area contributed by atoms with Crippen LogP contribution in [0.4, 0.5) is 0 Å². The second-order valence-corrected chi connectivity index (χ2v) is 4.60. The maximum atomic E-state index is 11.7. The van der Waals surface area contributed by atoms with Crippen molar-refractivity contribution in [2.24, 2.45) is 0 Å². The first kappa shape index (κ1) is 12.7. The van der Waals surface area contributed by atoms with Crippen LogP contribution in [-0.2, 0) is 11.2 Å². The molecule has 1 unspecified atom stereocenters. The third-order valence-electron chi connectivity index (χ3n) is 2.83. The van der Waals surface area contributed by atoms with E-state index in [1.807, 2.05) is 24.3 Å². The van der Waals surface area contributed by atoms with Crippen LogP contribution in [0.15, 0.2) is 43.0 Å². The number of ketones is 1. The highest BCUT2D eigenvalue weighted by Crippen LogP contribution is 2.21. The Bertz CT molecular complexity index is 525. The van der Waals surface area contributed by atoms with Gasteiger partial charge in [0.1, 0.15) is 12.1 Å². The smallest absolute Gasteiger partial charge is 0.137 e. The quantitative estimate of drug-likeness (QED) is 0.849. The summed E-state index contributed by atoms with van der Waals surface area (Å²) in [6.07, 6.45) is 5.48. The molecule has 1 heterocycles. The first-order valence-corrected chi connectivity index (χ1v) is 6.04. The van der Waals surface area contributed by atoms with Gasteiger partial charge in [-0.1, -0.05) is 23.7 Å². The van der Waals surface area contributed by atoms with Gasteiger partial charge >= 0.3 is 0 Å². The van der Waals surface area contributed by atoms with Gasteiger partial charge in [0.25, 0.3) is 0 Å². The summed E-state index contributed by atoms with van der Waals surface area (Å²) in [5.41, 5.74) is 1.92. The summed E-state index contributed by atoms with van der Waals surface area (Å²) >= 11 is 5.84. The van der Waals surface area contributed by atoms with Crippen LogP contribution in [0, 0.1) is 0 Å². The topological polar surface area (TPSA) is 42.9 Å². The van der Waals surface area contributed by atoms with Crippen molar-refractivity contribution < 1.29 is 4.79 Å². The minimum absolute atomic E-state index is 0.111. The molecule has 0 spiro atoms. The van der Waals surface area contributed by atoms with Gasteiger partial charge in [0.15, 0.2) is 0 Å². The summed E-state index contributed by atoms with van der Waals surface area (Å²) < 4.78 is 0. The number of hydrogen-bond donors (Lipinski definition) is 0. The summed E-state index contributed by atoms with van der Waals surface area (Å²) in [4.78, 5) is 19.7. The van der Waals surface area contributed by atoms with E-state index in [9.17, 15) is 4.79 Å². The maximum absolute atomic E-state index is 11.7. The van der Waals surface area contributed by atoms with Crippen LogP contribution in [0.25, 0.3) is 0 Å². The molecule has 92 valence electrons. The highest BCUT2D eigenvalue weighted by Gasteiger charge is 2.17. The molecule has 3 nitrogen and oxygen atoms in total. The lowest BCUT2D eigenvalue weighted by molar-refractivity contribution is -0.118. The van der Waals surface area contributed by atoms with Gasteiger partial charge in [0.05, 0.1) is 0 Å². The predicted octanol–water partition coefficient (Wildman–Crippen LogP) is 3.05. The van der Waals surface area contributed by atoms with Crippen LogP contribution in [0.5, 0.6) is 0 Å². The molecule has 0 radical (unpaired) electrons. The van der Waals surface area contributed by atoms with Gasteiger partial charge in [-0.3, -0.25) is 4.79 Å². The largest absolute Gasteiger partial charge is 0.299 e. The van der Waals surface area contributed by atoms with Crippen molar-refractivity contribution in [2.45, 2.75) is 19.3 Å². The maximum Gasteiger partial charge on any atom is 0.137 e. The van der Waals surface area contributed by atoms with E-state index in [4.69, 9.17) is 11.6 Å². The van der Waals surface area contributed by atoms with Crippen molar-refractivity contribution in [3.63, 3.8) is 0 Å². The zero-order valence-electron chi connectivity index (χ0n) is 10.0. The molecule has 1 aromatic heterocycles. The molecule has 0 aliphatic carbocycles. The van der Waals surface area contributed by atoms with Crippen LogP contribution in [0.1, 0.15) is 24.0 Å². The van der Waals surface area contributed by atoms with E-state index in [0.29, 0.717) is 11.4 Å². The van der Waals surface area contributed by atoms with Crippen molar-refractivity contribution in [1.82, 2.24) is 9.97 Å². The molecular weight excluding hydrogens is 248 g/mol. The third-order valence-corrected chi connectivity index (χ3v) is 3.08. The van der Waals surface area contributed by atoms with Crippen molar-refractivity contribution in [3.05, 3.63) is 59.1 Å². The van der Waals surface area contributed by atoms with Crippen molar-refractivity contribution in [3.8, 4) is 0 Å². The molecule has 1 atom stereocenters. The highest BCUT2D eigenvalue weighted by atomic mass is 35.5. The number of aromatic nitrogens is 2. The Balaban J connectivity index is 2.22. The Morgan fingerprint density at radius 2 is 1.83 bits per heavy atom. The zero-order valence-corrected chi connectivity index (χ0v) is 10.8. The SMILES string of the molecule is CC(=O)C(Cc1ccc(Cl)cc1)c1cncnc1. The van der Waals surface area contributed by atoms with E-state index in [-0.39, 0.29) is 11.7 Å². The molecular formula is C14H13ClN2O. The summed E-state index contributed by atoms with van der Waals surface area (Å²) in [5.74, 6) is -0.0906. The summed E-state index contributed by atoms with van der Waals surface area (Å²) in [5, 5.41) is 0.696. The molecule has 2 aromatic rings. The molecule has 0 aliphatic heterocycles. The van der Waals surface area contributed by atoms with E-state index >= 15 is 0 Å². The Morgan fingerprint density at radius 1 is 1.22 bits per heavy atom. The summed E-state index contributed by atoms with van der Waals surface area (Å²) in [6.45, 7) is 1.59. The highest BCUT2D eigenvalue weighted by molar-refractivity contribution is 6.30. The van der Waals surface area contributed by atoms with Crippen LogP contribution in [0.2, 0.25) is 5.02 Å². The predicted molar refractivity (Wildman–Crippen MR) is 70.6 cm³/mol. The first-order valence-electron chi connectivity index (χ1n) is 5.66. The lowest BCUT2D eigenvalue weighted by Gasteiger charge is -2.13. The van der Waals surface area contributed by atoms with Crippen LogP contribution >= 0.6 is 11.6 Å². The van der Waals surface area contributed by atoms with Gasteiger partial charge in [0.2, 0.25) is 0 Å². The van der Waals surface area contributed by atoms with Gasteiger partial charge in [-0.2, -0.15) is 0 Å². The third kappa shape index (κ3) is 3.14. The number of carbonyl (C=O) groups excluding carboxylic acids is 1. The number of hydrogen-bond acceptors (Lipinski definition) is 3. The van der Waals surface area contributed by atoms with Crippen molar-refractivity contribution in [2.75, 3.05) is 0 Å². The zero-order chi connectivity index (χ0) is 13.0. The molecule has 0 fully saturated rings. The van der Waals surface area contributed by atoms with Gasteiger partial charge in [-0.25, -0.2) is 9.97 Å². The summed E-state index contributed by atoms with van der Waals surface area (Å²) in [6, 6.07) is 7.52.